The van der Waals surface area contributed by atoms with Gasteiger partial charge in [-0.2, -0.15) is 0 Å². The van der Waals surface area contributed by atoms with Gasteiger partial charge in [0.05, 0.1) is 4.90 Å². The first kappa shape index (κ1) is 15.1. The molecule has 0 unspecified atom stereocenters. The van der Waals surface area contributed by atoms with Gasteiger partial charge in [-0.15, -0.1) is 0 Å². The number of hydrogen-bond donors (Lipinski definition) is 2. The van der Waals surface area contributed by atoms with Crippen LogP contribution >= 0.6 is 0 Å². The molecule has 2 N–H and O–H groups in total. The van der Waals surface area contributed by atoms with Crippen LogP contribution in [0.3, 0.4) is 0 Å². The van der Waals surface area contributed by atoms with Crippen LogP contribution in [0.1, 0.15) is 31.7 Å². The van der Waals surface area contributed by atoms with Gasteiger partial charge >= 0.3 is 0 Å². The van der Waals surface area contributed by atoms with Gasteiger partial charge in [-0.05, 0) is 43.6 Å². The molecule has 0 atom stereocenters. The summed E-state index contributed by atoms with van der Waals surface area (Å²) in [6, 6.07) is 7.11. The molecule has 0 bridgehead atoms. The Morgan fingerprint density at radius 3 is 2.56 bits per heavy atom. The van der Waals surface area contributed by atoms with Crippen LogP contribution in [-0.2, 0) is 10.0 Å². The highest BCUT2D eigenvalue weighted by molar-refractivity contribution is 7.89. The summed E-state index contributed by atoms with van der Waals surface area (Å²) in [5.41, 5.74) is 1.04. The van der Waals surface area contributed by atoms with Crippen LogP contribution in [0.25, 0.3) is 0 Å². The van der Waals surface area contributed by atoms with Gasteiger partial charge in [0.15, 0.2) is 0 Å². The summed E-state index contributed by atoms with van der Waals surface area (Å²) in [6.45, 7) is 5.35. The van der Waals surface area contributed by atoms with Gasteiger partial charge in [0.1, 0.15) is 0 Å². The summed E-state index contributed by atoms with van der Waals surface area (Å²) >= 11 is 0. The van der Waals surface area contributed by atoms with E-state index in [1.807, 2.05) is 27.0 Å². The minimum atomic E-state index is -3.37. The van der Waals surface area contributed by atoms with Crippen molar-refractivity contribution in [3.05, 3.63) is 29.8 Å². The topological polar surface area (TPSA) is 58.2 Å². The highest BCUT2D eigenvalue weighted by atomic mass is 32.2. The molecule has 1 rings (SSSR count). The minimum absolute atomic E-state index is 0.324. The molecule has 0 saturated carbocycles. The van der Waals surface area contributed by atoms with Gasteiger partial charge in [-0.1, -0.05) is 26.0 Å². The van der Waals surface area contributed by atoms with Crippen molar-refractivity contribution in [2.24, 2.45) is 0 Å². The smallest absolute Gasteiger partial charge is 0.240 e. The lowest BCUT2D eigenvalue weighted by atomic mass is 10.0. The third kappa shape index (κ3) is 4.40. The second-order valence-corrected chi connectivity index (χ2v) is 6.35. The lowest BCUT2D eigenvalue weighted by molar-refractivity contribution is 0.577. The van der Waals surface area contributed by atoms with Crippen molar-refractivity contribution in [1.29, 1.82) is 0 Å². The van der Waals surface area contributed by atoms with Crippen LogP contribution in [0.5, 0.6) is 0 Å². The fraction of sp³-hybridized carbons (Fsp3) is 0.538. The molecule has 5 heteroatoms. The molecule has 18 heavy (non-hydrogen) atoms. The van der Waals surface area contributed by atoms with Crippen molar-refractivity contribution in [3.63, 3.8) is 0 Å². The maximum absolute atomic E-state index is 12.0. The minimum Gasteiger partial charge on any atom is -0.320 e. The summed E-state index contributed by atoms with van der Waals surface area (Å²) in [4.78, 5) is 0.346. The lowest BCUT2D eigenvalue weighted by Crippen LogP contribution is -2.26. The fourth-order valence-corrected chi connectivity index (χ4v) is 2.72. The molecule has 0 radical (unpaired) electrons. The Kier molecular flexibility index (Phi) is 5.78. The summed E-state index contributed by atoms with van der Waals surface area (Å²) in [5.74, 6) is 0.324. The highest BCUT2D eigenvalue weighted by Gasteiger charge is 2.14. The highest BCUT2D eigenvalue weighted by Crippen LogP contribution is 2.18. The molecule has 1 aromatic rings. The van der Waals surface area contributed by atoms with Gasteiger partial charge in [-0.25, -0.2) is 13.1 Å². The number of benzene rings is 1. The van der Waals surface area contributed by atoms with Crippen LogP contribution < -0.4 is 10.0 Å². The Labute approximate surface area is 110 Å². The van der Waals surface area contributed by atoms with Gasteiger partial charge in [0.2, 0.25) is 10.0 Å². The van der Waals surface area contributed by atoms with Gasteiger partial charge in [-0.3, -0.25) is 0 Å². The van der Waals surface area contributed by atoms with Gasteiger partial charge in [0.25, 0.3) is 0 Å². The van der Waals surface area contributed by atoms with Crippen molar-refractivity contribution >= 4 is 10.0 Å². The van der Waals surface area contributed by atoms with Crippen molar-refractivity contribution in [1.82, 2.24) is 10.0 Å². The van der Waals surface area contributed by atoms with Crippen LogP contribution in [0.4, 0.5) is 0 Å². The van der Waals surface area contributed by atoms with E-state index in [2.05, 4.69) is 10.0 Å². The van der Waals surface area contributed by atoms with E-state index in [1.165, 1.54) is 0 Å². The molecule has 4 nitrogen and oxygen atoms in total. The van der Waals surface area contributed by atoms with E-state index < -0.39 is 10.0 Å². The third-order valence-electron chi connectivity index (χ3n) is 2.73. The van der Waals surface area contributed by atoms with Crippen molar-refractivity contribution in [2.75, 3.05) is 20.1 Å². The summed E-state index contributed by atoms with van der Waals surface area (Å²) in [5, 5.41) is 2.98. The lowest BCUT2D eigenvalue weighted by Gasteiger charge is -2.10. The Morgan fingerprint density at radius 1 is 1.22 bits per heavy atom. The fourth-order valence-electron chi connectivity index (χ4n) is 1.60. The van der Waals surface area contributed by atoms with E-state index in [0.29, 0.717) is 17.4 Å². The zero-order chi connectivity index (χ0) is 13.6. The molecule has 0 aromatic heterocycles. The summed E-state index contributed by atoms with van der Waals surface area (Å²) in [6.07, 6.45) is 0.777. The van der Waals surface area contributed by atoms with Crippen LogP contribution in [0.2, 0.25) is 0 Å². The zero-order valence-corrected chi connectivity index (χ0v) is 12.0. The number of hydrogen-bond acceptors (Lipinski definition) is 3. The molecule has 1 aromatic carbocycles. The molecule has 0 heterocycles. The Bertz CT molecular complexity index is 470. The monoisotopic (exact) mass is 270 g/mol. The molecule has 0 amide bonds. The van der Waals surface area contributed by atoms with E-state index in [0.717, 1.165) is 18.5 Å². The molecular weight excluding hydrogens is 248 g/mol. The average molecular weight is 270 g/mol. The predicted molar refractivity (Wildman–Crippen MR) is 74.3 cm³/mol. The normalized spacial score (nSPS) is 12.0. The number of nitrogens with one attached hydrogen (secondary N) is 2. The maximum atomic E-state index is 12.0. The second kappa shape index (κ2) is 6.87. The quantitative estimate of drug-likeness (QED) is 0.741. The molecular formula is C13H22N2O2S. The van der Waals surface area contributed by atoms with Crippen molar-refractivity contribution in [2.45, 2.75) is 31.1 Å². The van der Waals surface area contributed by atoms with Crippen LogP contribution in [0.15, 0.2) is 29.2 Å². The first-order valence-electron chi connectivity index (χ1n) is 6.21. The van der Waals surface area contributed by atoms with E-state index in [9.17, 15) is 8.42 Å². The molecule has 0 spiro atoms. The van der Waals surface area contributed by atoms with Crippen LogP contribution in [-0.4, -0.2) is 28.6 Å². The standard InChI is InChI=1S/C13H22N2O2S/c1-11(2)12-6-4-7-13(10-12)18(16,17)15-9-5-8-14-3/h4,6-7,10-11,14-15H,5,8-9H2,1-3H3. The van der Waals surface area contributed by atoms with Crippen LogP contribution in [0, 0.1) is 0 Å². The average Bonchev–Trinajstić information content (AvgIpc) is 2.35. The zero-order valence-electron chi connectivity index (χ0n) is 11.2. The molecule has 0 saturated heterocycles. The maximum Gasteiger partial charge on any atom is 0.240 e. The van der Waals surface area contributed by atoms with E-state index in [-0.39, 0.29) is 0 Å². The molecule has 0 aliphatic carbocycles. The SMILES string of the molecule is CNCCCNS(=O)(=O)c1cccc(C(C)C)c1. The molecule has 102 valence electrons. The van der Waals surface area contributed by atoms with Gasteiger partial charge in [0, 0.05) is 6.54 Å². The number of sulfonamides is 1. The summed E-state index contributed by atoms with van der Waals surface area (Å²) in [7, 11) is -1.53. The first-order chi connectivity index (χ1) is 8.47. The van der Waals surface area contributed by atoms with Gasteiger partial charge < -0.3 is 5.32 Å². The van der Waals surface area contributed by atoms with Crippen molar-refractivity contribution in [3.8, 4) is 0 Å². The molecule has 0 aliphatic rings. The number of rotatable bonds is 7. The van der Waals surface area contributed by atoms with E-state index in [1.54, 1.807) is 18.2 Å². The predicted octanol–water partition coefficient (Wildman–Crippen LogP) is 1.70. The Hall–Kier alpha value is -0.910. The molecule has 0 aliphatic heterocycles. The molecule has 0 fully saturated rings. The first-order valence-corrected chi connectivity index (χ1v) is 7.70. The summed E-state index contributed by atoms with van der Waals surface area (Å²) < 4.78 is 26.7. The Balaban J connectivity index is 2.75. The van der Waals surface area contributed by atoms with E-state index >= 15 is 0 Å². The van der Waals surface area contributed by atoms with E-state index in [4.69, 9.17) is 0 Å². The van der Waals surface area contributed by atoms with Crippen molar-refractivity contribution < 1.29 is 8.42 Å². The Morgan fingerprint density at radius 2 is 1.94 bits per heavy atom. The largest absolute Gasteiger partial charge is 0.320 e. The second-order valence-electron chi connectivity index (χ2n) is 4.58. The third-order valence-corrected chi connectivity index (χ3v) is 4.19.